The highest BCUT2D eigenvalue weighted by Crippen LogP contribution is 2.27. The van der Waals surface area contributed by atoms with Crippen molar-refractivity contribution in [2.75, 3.05) is 0 Å². The molecule has 4 aromatic rings. The van der Waals surface area contributed by atoms with Crippen LogP contribution in [0, 0.1) is 5.82 Å². The lowest BCUT2D eigenvalue weighted by atomic mass is 10.0. The molecule has 0 spiro atoms. The van der Waals surface area contributed by atoms with Gasteiger partial charge in [0, 0.05) is 46.9 Å². The monoisotopic (exact) mass is 333 g/mol. The number of nitrogens with zero attached hydrogens (tertiary/aromatic N) is 2. The van der Waals surface area contributed by atoms with Gasteiger partial charge >= 0.3 is 0 Å². The minimum atomic E-state index is -0.687. The molecule has 0 radical (unpaired) electrons. The van der Waals surface area contributed by atoms with Gasteiger partial charge in [0.15, 0.2) is 5.78 Å². The molecule has 0 aliphatic carbocycles. The molecule has 3 heterocycles. The number of benzene rings is 1. The maximum Gasteiger partial charge on any atom is 0.198 e. The number of ketones is 1. The lowest BCUT2D eigenvalue weighted by Crippen LogP contribution is -2.03. The lowest BCUT2D eigenvalue weighted by Gasteiger charge is -2.04. The highest BCUT2D eigenvalue weighted by atomic mass is 19.1. The Kier molecular flexibility index (Phi) is 3.50. The third-order valence-corrected chi connectivity index (χ3v) is 3.97. The number of H-pyrrole nitrogens is 1. The average Bonchev–Trinajstić information content (AvgIpc) is 3.07. The zero-order valence-corrected chi connectivity index (χ0v) is 12.9. The van der Waals surface area contributed by atoms with E-state index in [0.29, 0.717) is 11.0 Å². The second kappa shape index (κ2) is 5.83. The average molecular weight is 333 g/mol. The normalized spacial score (nSPS) is 10.9. The fraction of sp³-hybridized carbons (Fsp3) is 0. The zero-order valence-electron chi connectivity index (χ0n) is 12.9. The molecule has 1 aromatic carbocycles. The molecule has 4 rings (SSSR count). The Hall–Kier alpha value is -3.54. The molecule has 2 N–H and O–H groups in total. The second-order valence-electron chi connectivity index (χ2n) is 5.56. The van der Waals surface area contributed by atoms with E-state index in [1.54, 1.807) is 18.6 Å². The molecule has 0 amide bonds. The quantitative estimate of drug-likeness (QED) is 0.560. The van der Waals surface area contributed by atoms with Gasteiger partial charge < -0.3 is 10.1 Å². The van der Waals surface area contributed by atoms with Crippen LogP contribution in [0.2, 0.25) is 0 Å². The molecule has 6 heteroatoms. The number of carbonyl (C=O) groups is 1. The van der Waals surface area contributed by atoms with Crippen LogP contribution in [0.3, 0.4) is 0 Å². The first-order valence-corrected chi connectivity index (χ1v) is 7.54. The third kappa shape index (κ3) is 2.63. The number of phenolic OH excluding ortho intramolecular Hbond substituents is 1. The van der Waals surface area contributed by atoms with Gasteiger partial charge in [-0.15, -0.1) is 0 Å². The fourth-order valence-corrected chi connectivity index (χ4v) is 2.71. The molecule has 3 aromatic heterocycles. The molecule has 0 atom stereocenters. The van der Waals surface area contributed by atoms with Gasteiger partial charge in [-0.05, 0) is 30.3 Å². The van der Waals surface area contributed by atoms with Crippen LogP contribution in [-0.2, 0) is 0 Å². The van der Waals surface area contributed by atoms with Crippen molar-refractivity contribution in [1.82, 2.24) is 15.0 Å². The predicted molar refractivity (Wildman–Crippen MR) is 90.8 cm³/mol. The van der Waals surface area contributed by atoms with Gasteiger partial charge in [-0.25, -0.2) is 9.37 Å². The van der Waals surface area contributed by atoms with Crippen molar-refractivity contribution in [3.05, 3.63) is 78.1 Å². The van der Waals surface area contributed by atoms with Crippen molar-refractivity contribution in [2.24, 2.45) is 0 Å². The van der Waals surface area contributed by atoms with Crippen LogP contribution in [0.1, 0.15) is 15.9 Å². The van der Waals surface area contributed by atoms with Crippen molar-refractivity contribution in [1.29, 1.82) is 0 Å². The zero-order chi connectivity index (χ0) is 17.4. The molecule has 0 saturated heterocycles. The Balaban J connectivity index is 1.85. The Bertz CT molecular complexity index is 1090. The number of aromatic amines is 1. The minimum Gasteiger partial charge on any atom is -0.508 e. The molecular weight excluding hydrogens is 321 g/mol. The van der Waals surface area contributed by atoms with E-state index in [2.05, 4.69) is 15.0 Å². The maximum absolute atomic E-state index is 14.0. The van der Waals surface area contributed by atoms with Crippen molar-refractivity contribution in [3.8, 4) is 16.9 Å². The van der Waals surface area contributed by atoms with Crippen molar-refractivity contribution < 1.29 is 14.3 Å². The summed E-state index contributed by atoms with van der Waals surface area (Å²) in [5, 5.41) is 10.1. The number of aromatic nitrogens is 3. The number of fused-ring (bicyclic) bond motifs is 1. The number of carbonyl (C=O) groups excluding carboxylic acids is 1. The maximum atomic E-state index is 14.0. The molecule has 5 nitrogen and oxygen atoms in total. The van der Waals surface area contributed by atoms with Gasteiger partial charge in [0.25, 0.3) is 0 Å². The van der Waals surface area contributed by atoms with Gasteiger partial charge in [0.1, 0.15) is 17.2 Å². The Morgan fingerprint density at radius 3 is 2.76 bits per heavy atom. The summed E-state index contributed by atoms with van der Waals surface area (Å²) in [6.45, 7) is 0. The summed E-state index contributed by atoms with van der Waals surface area (Å²) in [6, 6.07) is 8.89. The summed E-state index contributed by atoms with van der Waals surface area (Å²) >= 11 is 0. The van der Waals surface area contributed by atoms with Crippen LogP contribution in [0.25, 0.3) is 22.2 Å². The van der Waals surface area contributed by atoms with E-state index in [1.807, 2.05) is 18.2 Å². The lowest BCUT2D eigenvalue weighted by molar-refractivity contribution is 0.103. The highest BCUT2D eigenvalue weighted by Gasteiger charge is 2.19. The van der Waals surface area contributed by atoms with E-state index in [4.69, 9.17) is 0 Å². The number of aromatic hydroxyl groups is 1. The molecule has 25 heavy (non-hydrogen) atoms. The van der Waals surface area contributed by atoms with Gasteiger partial charge in [-0.3, -0.25) is 9.78 Å². The standard InChI is InChI=1S/C19H12FN3O2/c20-17-4-3-13(24)7-15(17)18(25)16-10-23-19-14(16)6-12(9-22-19)11-2-1-5-21-8-11/h1-10,24H,(H,22,23). The van der Waals surface area contributed by atoms with Crippen LogP contribution >= 0.6 is 0 Å². The van der Waals surface area contributed by atoms with E-state index in [1.165, 1.54) is 12.3 Å². The van der Waals surface area contributed by atoms with Crippen molar-refractivity contribution >= 4 is 16.8 Å². The first kappa shape index (κ1) is 15.0. The van der Waals surface area contributed by atoms with Crippen molar-refractivity contribution in [2.45, 2.75) is 0 Å². The Labute approximate surface area is 141 Å². The van der Waals surface area contributed by atoms with Crippen LogP contribution in [0.5, 0.6) is 5.75 Å². The minimum absolute atomic E-state index is 0.168. The molecule has 0 aliphatic rings. The molecule has 0 fully saturated rings. The number of phenols is 1. The van der Waals surface area contributed by atoms with E-state index in [9.17, 15) is 14.3 Å². The molecule has 122 valence electrons. The summed E-state index contributed by atoms with van der Waals surface area (Å²) in [6.07, 6.45) is 6.55. The van der Waals surface area contributed by atoms with Crippen LogP contribution in [-0.4, -0.2) is 25.8 Å². The Morgan fingerprint density at radius 1 is 1.08 bits per heavy atom. The van der Waals surface area contributed by atoms with Crippen LogP contribution in [0.15, 0.2) is 61.2 Å². The summed E-state index contributed by atoms with van der Waals surface area (Å²) in [7, 11) is 0. The summed E-state index contributed by atoms with van der Waals surface area (Å²) in [4.78, 5) is 24.0. The van der Waals surface area contributed by atoms with Crippen molar-refractivity contribution in [3.63, 3.8) is 0 Å². The number of hydrogen-bond donors (Lipinski definition) is 2. The topological polar surface area (TPSA) is 78.9 Å². The summed E-state index contributed by atoms with van der Waals surface area (Å²) in [5.74, 6) is -1.38. The van der Waals surface area contributed by atoms with Crippen LogP contribution < -0.4 is 0 Å². The van der Waals surface area contributed by atoms with Gasteiger partial charge in [0.05, 0.1) is 5.56 Å². The van der Waals surface area contributed by atoms with Gasteiger partial charge in [-0.2, -0.15) is 0 Å². The first-order chi connectivity index (χ1) is 12.1. The highest BCUT2D eigenvalue weighted by molar-refractivity contribution is 6.16. The number of hydrogen-bond acceptors (Lipinski definition) is 4. The summed E-state index contributed by atoms with van der Waals surface area (Å²) < 4.78 is 14.0. The van der Waals surface area contributed by atoms with E-state index < -0.39 is 11.6 Å². The third-order valence-electron chi connectivity index (χ3n) is 3.97. The molecule has 0 saturated carbocycles. The molecule has 0 bridgehead atoms. The van der Waals surface area contributed by atoms with E-state index >= 15 is 0 Å². The van der Waals surface area contributed by atoms with Gasteiger partial charge in [-0.1, -0.05) is 6.07 Å². The molecular formula is C19H12FN3O2. The number of pyridine rings is 2. The number of halogens is 1. The SMILES string of the molecule is O=C(c1cc(O)ccc1F)c1c[nH]c2ncc(-c3cccnc3)cc12. The van der Waals surface area contributed by atoms with Gasteiger partial charge in [0.2, 0.25) is 0 Å². The summed E-state index contributed by atoms with van der Waals surface area (Å²) in [5.41, 5.74) is 2.28. The van der Waals surface area contributed by atoms with Crippen LogP contribution in [0.4, 0.5) is 4.39 Å². The van der Waals surface area contributed by atoms with E-state index in [-0.39, 0.29) is 16.9 Å². The first-order valence-electron chi connectivity index (χ1n) is 7.54. The number of rotatable bonds is 3. The smallest absolute Gasteiger partial charge is 0.198 e. The largest absolute Gasteiger partial charge is 0.508 e. The Morgan fingerprint density at radius 2 is 1.96 bits per heavy atom. The second-order valence-corrected chi connectivity index (χ2v) is 5.56. The van der Waals surface area contributed by atoms with E-state index in [0.717, 1.165) is 23.3 Å². The fourth-order valence-electron chi connectivity index (χ4n) is 2.71. The molecule has 0 aliphatic heterocycles. The molecule has 0 unspecified atom stereocenters. The number of nitrogens with one attached hydrogen (secondary N) is 1. The predicted octanol–water partition coefficient (Wildman–Crippen LogP) is 3.70.